The van der Waals surface area contributed by atoms with Gasteiger partial charge in [-0.3, -0.25) is 0 Å². The van der Waals surface area contributed by atoms with Crippen molar-refractivity contribution < 1.29 is 34.8 Å². The van der Waals surface area contributed by atoms with Gasteiger partial charge in [0.05, 0.1) is 5.60 Å². The number of aliphatic carboxylic acids is 2. The fourth-order valence-corrected chi connectivity index (χ4v) is 4.14. The fraction of sp³-hybridized carbons (Fsp3) is 0.333. The molecule has 0 aliphatic carbocycles. The molecular weight excluding hydrogens is 508 g/mol. The maximum atomic E-state index is 11.0. The number of aromatic amines is 1. The Morgan fingerprint density at radius 1 is 1.06 bits per heavy atom. The number of nitrogens with one attached hydrogen (secondary N) is 1. The Morgan fingerprint density at radius 3 is 2.32 bits per heavy atom. The molecule has 182 valence electrons. The molecule has 0 bridgehead atoms. The van der Waals surface area contributed by atoms with Crippen LogP contribution in [0.1, 0.15) is 18.4 Å². The van der Waals surface area contributed by atoms with Gasteiger partial charge in [0.25, 0.3) is 0 Å². The topological polar surface area (TPSA) is 143 Å². The number of hydrogen-bond donors (Lipinski definition) is 5. The van der Waals surface area contributed by atoms with Crippen LogP contribution in [-0.4, -0.2) is 74.6 Å². The van der Waals surface area contributed by atoms with Crippen LogP contribution in [0, 0.1) is 0 Å². The minimum absolute atomic E-state index is 0.248. The number of aromatic nitrogens is 1. The summed E-state index contributed by atoms with van der Waals surface area (Å²) in [5, 5.41) is 37.2. The molecule has 1 aromatic heterocycles. The van der Waals surface area contributed by atoms with Crippen LogP contribution in [0.25, 0.3) is 10.9 Å². The zero-order chi connectivity index (χ0) is 24.7. The average molecular weight is 535 g/mol. The predicted octanol–water partition coefficient (Wildman–Crippen LogP) is 2.81. The summed E-state index contributed by atoms with van der Waals surface area (Å²) in [6, 6.07) is 15.7. The van der Waals surface area contributed by atoms with Crippen LogP contribution in [-0.2, 0) is 15.2 Å². The van der Waals surface area contributed by atoms with Gasteiger partial charge >= 0.3 is 11.9 Å². The van der Waals surface area contributed by atoms with E-state index in [1.165, 1.54) is 0 Å². The molecule has 3 aromatic rings. The minimum atomic E-state index is -1.82. The van der Waals surface area contributed by atoms with E-state index >= 15 is 0 Å². The SMILES string of the molecule is O=C(O)C(=O)O.O[C@H](COc1cccc2[nH]ccc12)CN1CCC(O)(c2ccc(Br)cc2)CC1. The molecule has 4 rings (SSSR count). The van der Waals surface area contributed by atoms with Crippen molar-refractivity contribution in [2.45, 2.75) is 24.5 Å². The van der Waals surface area contributed by atoms with Crippen molar-refractivity contribution in [1.82, 2.24) is 9.88 Å². The molecule has 0 radical (unpaired) electrons. The maximum Gasteiger partial charge on any atom is 0.414 e. The van der Waals surface area contributed by atoms with Crippen LogP contribution in [0.15, 0.2) is 59.2 Å². The van der Waals surface area contributed by atoms with Gasteiger partial charge in [-0.15, -0.1) is 0 Å². The Labute approximate surface area is 204 Å². The van der Waals surface area contributed by atoms with Crippen LogP contribution in [0.3, 0.4) is 0 Å². The van der Waals surface area contributed by atoms with Crippen LogP contribution in [0.5, 0.6) is 5.75 Å². The van der Waals surface area contributed by atoms with Crippen LogP contribution in [0.2, 0.25) is 0 Å². The predicted molar refractivity (Wildman–Crippen MR) is 129 cm³/mol. The molecule has 10 heteroatoms. The molecule has 5 N–H and O–H groups in total. The quantitative estimate of drug-likeness (QED) is 0.303. The highest BCUT2D eigenvalue weighted by molar-refractivity contribution is 9.10. The number of carboxylic acids is 2. The molecule has 1 aliphatic heterocycles. The molecule has 1 atom stereocenters. The summed E-state index contributed by atoms with van der Waals surface area (Å²) in [6.07, 6.45) is 2.62. The number of aliphatic hydroxyl groups is 2. The zero-order valence-corrected chi connectivity index (χ0v) is 19.9. The number of benzene rings is 2. The molecule has 34 heavy (non-hydrogen) atoms. The second-order valence-corrected chi connectivity index (χ2v) is 9.02. The largest absolute Gasteiger partial charge is 0.490 e. The Bertz CT molecular complexity index is 1100. The molecule has 0 unspecified atom stereocenters. The molecule has 1 aliphatic rings. The minimum Gasteiger partial charge on any atom is -0.490 e. The second kappa shape index (κ2) is 11.5. The van der Waals surface area contributed by atoms with Gasteiger partial charge in [0.1, 0.15) is 18.5 Å². The number of piperidine rings is 1. The first kappa shape index (κ1) is 25.7. The van der Waals surface area contributed by atoms with Crippen LogP contribution >= 0.6 is 15.9 Å². The summed E-state index contributed by atoms with van der Waals surface area (Å²) in [7, 11) is 0. The van der Waals surface area contributed by atoms with Crippen molar-refractivity contribution in [3.8, 4) is 5.75 Å². The highest BCUT2D eigenvalue weighted by Crippen LogP contribution is 2.33. The summed E-state index contributed by atoms with van der Waals surface area (Å²) in [5.74, 6) is -2.87. The van der Waals surface area contributed by atoms with E-state index in [0.717, 1.165) is 39.8 Å². The first-order valence-corrected chi connectivity index (χ1v) is 11.5. The summed E-state index contributed by atoms with van der Waals surface area (Å²) in [4.78, 5) is 23.6. The molecule has 0 saturated carbocycles. The number of halogens is 1. The van der Waals surface area contributed by atoms with E-state index in [-0.39, 0.29) is 6.61 Å². The normalized spacial score (nSPS) is 16.3. The number of H-pyrrole nitrogens is 1. The van der Waals surface area contributed by atoms with E-state index in [1.54, 1.807) is 0 Å². The van der Waals surface area contributed by atoms with Crippen LogP contribution < -0.4 is 4.74 Å². The van der Waals surface area contributed by atoms with Gasteiger partial charge in [-0.25, -0.2) is 9.59 Å². The third-order valence-corrected chi connectivity index (χ3v) is 6.23. The van der Waals surface area contributed by atoms with Crippen molar-refractivity contribution in [1.29, 1.82) is 0 Å². The highest BCUT2D eigenvalue weighted by atomic mass is 79.9. The van der Waals surface area contributed by atoms with Crippen molar-refractivity contribution in [3.05, 3.63) is 64.8 Å². The van der Waals surface area contributed by atoms with Crippen molar-refractivity contribution in [3.63, 3.8) is 0 Å². The smallest absolute Gasteiger partial charge is 0.414 e. The first-order valence-electron chi connectivity index (χ1n) is 10.7. The van der Waals surface area contributed by atoms with Crippen molar-refractivity contribution >= 4 is 38.8 Å². The Kier molecular flexibility index (Phi) is 8.67. The van der Waals surface area contributed by atoms with Gasteiger partial charge in [-0.2, -0.15) is 0 Å². The maximum absolute atomic E-state index is 11.0. The number of β-amino-alcohol motifs (C(OH)–C–C–N with tert-alkyl or cyclic N) is 1. The molecule has 1 fully saturated rings. The van der Waals surface area contributed by atoms with Crippen LogP contribution in [0.4, 0.5) is 0 Å². The number of rotatable bonds is 6. The molecule has 2 aromatic carbocycles. The third-order valence-electron chi connectivity index (χ3n) is 5.70. The van der Waals surface area contributed by atoms with E-state index in [0.29, 0.717) is 19.4 Å². The van der Waals surface area contributed by atoms with E-state index in [1.807, 2.05) is 54.7 Å². The molecule has 9 nitrogen and oxygen atoms in total. The Balaban J connectivity index is 0.000000481. The summed E-state index contributed by atoms with van der Waals surface area (Å²) in [6.45, 7) is 2.28. The van der Waals surface area contributed by atoms with E-state index in [4.69, 9.17) is 24.5 Å². The standard InChI is InChI=1S/C22H25BrN2O3.C2H2O4/c23-17-6-4-16(5-7-17)22(27)9-12-25(13-10-22)14-18(26)15-28-21-3-1-2-20-19(21)8-11-24-20;3-1(4)2(5)6/h1-8,11,18,24,26-27H,9-10,12-15H2;(H,3,4)(H,5,6)/t18-;/m0./s1. The number of likely N-dealkylation sites (tertiary alicyclic amines) is 1. The fourth-order valence-electron chi connectivity index (χ4n) is 3.87. The third kappa shape index (κ3) is 6.80. The number of hydrogen-bond acceptors (Lipinski definition) is 6. The number of fused-ring (bicyclic) bond motifs is 1. The van der Waals surface area contributed by atoms with E-state index in [9.17, 15) is 10.2 Å². The molecule has 0 spiro atoms. The lowest BCUT2D eigenvalue weighted by molar-refractivity contribution is -0.159. The Morgan fingerprint density at radius 2 is 1.71 bits per heavy atom. The summed E-state index contributed by atoms with van der Waals surface area (Å²) < 4.78 is 6.86. The monoisotopic (exact) mass is 534 g/mol. The van der Waals surface area contributed by atoms with Gasteiger partial charge in [-0.05, 0) is 48.7 Å². The van der Waals surface area contributed by atoms with E-state index < -0.39 is 23.6 Å². The number of aliphatic hydroxyl groups excluding tert-OH is 1. The van der Waals surface area contributed by atoms with Gasteiger partial charge in [-0.1, -0.05) is 34.1 Å². The molecule has 0 amide bonds. The summed E-state index contributed by atoms with van der Waals surface area (Å²) in [5.41, 5.74) is 1.19. The van der Waals surface area contributed by atoms with Gasteiger partial charge in [0.2, 0.25) is 0 Å². The number of carbonyl (C=O) groups is 2. The first-order chi connectivity index (χ1) is 16.2. The van der Waals surface area contributed by atoms with Crippen molar-refractivity contribution in [2.75, 3.05) is 26.2 Å². The molecular formula is C24H27BrN2O7. The second-order valence-electron chi connectivity index (χ2n) is 8.11. The number of ether oxygens (including phenoxy) is 1. The van der Waals surface area contributed by atoms with Gasteiger partial charge < -0.3 is 35.0 Å². The van der Waals surface area contributed by atoms with Crippen molar-refractivity contribution in [2.24, 2.45) is 0 Å². The van der Waals surface area contributed by atoms with Gasteiger partial charge in [0.15, 0.2) is 0 Å². The Hall–Kier alpha value is -2.92. The lowest BCUT2D eigenvalue weighted by Crippen LogP contribution is -2.46. The lowest BCUT2D eigenvalue weighted by Gasteiger charge is -2.39. The zero-order valence-electron chi connectivity index (χ0n) is 18.4. The summed E-state index contributed by atoms with van der Waals surface area (Å²) >= 11 is 3.43. The molecule has 1 saturated heterocycles. The van der Waals surface area contributed by atoms with Gasteiger partial charge in [0, 0.05) is 41.2 Å². The lowest BCUT2D eigenvalue weighted by atomic mass is 9.84. The number of carboxylic acid groups (broad SMARTS) is 2. The number of nitrogens with zero attached hydrogens (tertiary/aromatic N) is 1. The molecule has 2 heterocycles. The van der Waals surface area contributed by atoms with E-state index in [2.05, 4.69) is 25.8 Å². The highest BCUT2D eigenvalue weighted by Gasteiger charge is 2.34. The average Bonchev–Trinajstić information content (AvgIpc) is 3.30.